The summed E-state index contributed by atoms with van der Waals surface area (Å²) in [5, 5.41) is 0. The number of thioether (sulfide) groups is 1. The third-order valence-corrected chi connectivity index (χ3v) is 2.62. The number of nitrogens with zero attached hydrogens (tertiary/aromatic N) is 4. The van der Waals surface area contributed by atoms with E-state index >= 15 is 0 Å². The molecule has 0 radical (unpaired) electrons. The SMILES string of the molecule is CCCOc1nc(N)nc(N(C)CCSC)n1. The largest absolute Gasteiger partial charge is 0.463 e. The van der Waals surface area contributed by atoms with Gasteiger partial charge in [-0.15, -0.1) is 0 Å². The van der Waals surface area contributed by atoms with Gasteiger partial charge < -0.3 is 15.4 Å². The van der Waals surface area contributed by atoms with Crippen LogP contribution in [0.4, 0.5) is 11.9 Å². The molecule has 2 N–H and O–H groups in total. The van der Waals surface area contributed by atoms with E-state index in [1.807, 2.05) is 18.9 Å². The van der Waals surface area contributed by atoms with Crippen LogP contribution in [0.2, 0.25) is 0 Å². The molecule has 0 fully saturated rings. The second-order valence-electron chi connectivity index (χ2n) is 3.54. The van der Waals surface area contributed by atoms with Crippen molar-refractivity contribution in [3.63, 3.8) is 0 Å². The minimum absolute atomic E-state index is 0.192. The van der Waals surface area contributed by atoms with Crippen LogP contribution in [-0.2, 0) is 0 Å². The Kier molecular flexibility index (Phi) is 5.82. The Morgan fingerprint density at radius 3 is 2.76 bits per heavy atom. The number of aromatic nitrogens is 3. The van der Waals surface area contributed by atoms with Crippen LogP contribution in [0.1, 0.15) is 13.3 Å². The van der Waals surface area contributed by atoms with E-state index in [4.69, 9.17) is 10.5 Å². The molecule has 1 aromatic heterocycles. The van der Waals surface area contributed by atoms with Crippen LogP contribution < -0.4 is 15.4 Å². The smallest absolute Gasteiger partial charge is 0.323 e. The minimum atomic E-state index is 0.192. The van der Waals surface area contributed by atoms with E-state index in [2.05, 4.69) is 21.2 Å². The van der Waals surface area contributed by atoms with Gasteiger partial charge in [0.15, 0.2) is 0 Å². The Morgan fingerprint density at radius 1 is 1.35 bits per heavy atom. The molecule has 0 atom stereocenters. The predicted octanol–water partition coefficient (Wildman–Crippen LogP) is 1.04. The number of hydrogen-bond donors (Lipinski definition) is 1. The molecule has 1 rings (SSSR count). The van der Waals surface area contributed by atoms with Crippen LogP contribution in [0.5, 0.6) is 6.01 Å². The molecule has 96 valence electrons. The van der Waals surface area contributed by atoms with Gasteiger partial charge in [0.25, 0.3) is 0 Å². The number of hydrogen-bond acceptors (Lipinski definition) is 7. The maximum Gasteiger partial charge on any atom is 0.323 e. The van der Waals surface area contributed by atoms with Gasteiger partial charge in [0.1, 0.15) is 0 Å². The first kappa shape index (κ1) is 13.8. The monoisotopic (exact) mass is 257 g/mol. The van der Waals surface area contributed by atoms with Crippen molar-refractivity contribution in [1.29, 1.82) is 0 Å². The maximum absolute atomic E-state index is 5.62. The molecule has 0 saturated heterocycles. The number of ether oxygens (including phenoxy) is 1. The summed E-state index contributed by atoms with van der Waals surface area (Å²) in [5.41, 5.74) is 5.62. The highest BCUT2D eigenvalue weighted by Crippen LogP contribution is 2.12. The van der Waals surface area contributed by atoms with Crippen molar-refractivity contribution in [2.75, 3.05) is 42.8 Å². The Hall–Kier alpha value is -1.24. The predicted molar refractivity (Wildman–Crippen MR) is 71.7 cm³/mol. The molecule has 0 aromatic carbocycles. The second kappa shape index (κ2) is 7.16. The number of nitrogen functional groups attached to an aromatic ring is 1. The van der Waals surface area contributed by atoms with Crippen molar-refractivity contribution in [2.24, 2.45) is 0 Å². The molecule has 0 amide bonds. The Bertz CT molecular complexity index is 349. The summed E-state index contributed by atoms with van der Waals surface area (Å²) in [7, 11) is 1.93. The van der Waals surface area contributed by atoms with E-state index in [0.717, 1.165) is 18.7 Å². The number of nitrogens with two attached hydrogens (primary N) is 1. The highest BCUT2D eigenvalue weighted by Gasteiger charge is 2.09. The fourth-order valence-corrected chi connectivity index (χ4v) is 1.57. The summed E-state index contributed by atoms with van der Waals surface area (Å²) >= 11 is 1.77. The number of rotatable bonds is 7. The molecule has 0 bridgehead atoms. The normalized spacial score (nSPS) is 10.3. The van der Waals surface area contributed by atoms with Crippen LogP contribution in [0.25, 0.3) is 0 Å². The van der Waals surface area contributed by atoms with Crippen molar-refractivity contribution >= 4 is 23.7 Å². The highest BCUT2D eigenvalue weighted by molar-refractivity contribution is 7.98. The molecule has 0 aliphatic rings. The molecule has 0 spiro atoms. The zero-order valence-electron chi connectivity index (χ0n) is 10.5. The first-order valence-electron chi connectivity index (χ1n) is 5.51. The molecule has 1 aromatic rings. The van der Waals surface area contributed by atoms with E-state index in [9.17, 15) is 0 Å². The summed E-state index contributed by atoms with van der Waals surface area (Å²) in [5.74, 6) is 1.75. The molecule has 0 aliphatic heterocycles. The standard InChI is InChI=1S/C10H19N5OS/c1-4-6-16-10-13-8(11)12-9(14-10)15(2)5-7-17-3/h4-7H2,1-3H3,(H2,11,12,13,14). The highest BCUT2D eigenvalue weighted by atomic mass is 32.2. The van der Waals surface area contributed by atoms with E-state index < -0.39 is 0 Å². The fourth-order valence-electron chi connectivity index (χ4n) is 1.12. The Balaban J connectivity index is 2.73. The summed E-state index contributed by atoms with van der Waals surface area (Å²) in [6.07, 6.45) is 2.97. The Labute approximate surface area is 106 Å². The van der Waals surface area contributed by atoms with Crippen molar-refractivity contribution in [3.8, 4) is 6.01 Å². The van der Waals surface area contributed by atoms with Crippen LogP contribution >= 0.6 is 11.8 Å². The van der Waals surface area contributed by atoms with E-state index in [1.165, 1.54) is 0 Å². The molecule has 0 saturated carbocycles. The number of anilines is 2. The van der Waals surface area contributed by atoms with Crippen molar-refractivity contribution in [3.05, 3.63) is 0 Å². The van der Waals surface area contributed by atoms with Crippen LogP contribution in [-0.4, -0.2) is 47.2 Å². The molecule has 6 nitrogen and oxygen atoms in total. The van der Waals surface area contributed by atoms with Gasteiger partial charge >= 0.3 is 6.01 Å². The van der Waals surface area contributed by atoms with E-state index in [1.54, 1.807) is 11.8 Å². The average Bonchev–Trinajstić information content (AvgIpc) is 2.32. The lowest BCUT2D eigenvalue weighted by molar-refractivity contribution is 0.292. The Morgan fingerprint density at radius 2 is 2.12 bits per heavy atom. The summed E-state index contributed by atoms with van der Waals surface area (Å²) in [4.78, 5) is 14.2. The fraction of sp³-hybridized carbons (Fsp3) is 0.700. The molecule has 7 heteroatoms. The van der Waals surface area contributed by atoms with E-state index in [-0.39, 0.29) is 5.95 Å². The van der Waals surface area contributed by atoms with E-state index in [0.29, 0.717) is 18.6 Å². The van der Waals surface area contributed by atoms with Gasteiger partial charge in [0, 0.05) is 19.3 Å². The van der Waals surface area contributed by atoms with Gasteiger partial charge in [-0.3, -0.25) is 0 Å². The van der Waals surface area contributed by atoms with Gasteiger partial charge in [-0.25, -0.2) is 0 Å². The molecular weight excluding hydrogens is 238 g/mol. The van der Waals surface area contributed by atoms with Crippen molar-refractivity contribution in [2.45, 2.75) is 13.3 Å². The molecule has 0 unspecified atom stereocenters. The van der Waals surface area contributed by atoms with Gasteiger partial charge in [-0.05, 0) is 12.7 Å². The zero-order valence-corrected chi connectivity index (χ0v) is 11.3. The van der Waals surface area contributed by atoms with Crippen molar-refractivity contribution < 1.29 is 4.74 Å². The third kappa shape index (κ3) is 4.64. The van der Waals surface area contributed by atoms with Crippen molar-refractivity contribution in [1.82, 2.24) is 15.0 Å². The summed E-state index contributed by atoms with van der Waals surface area (Å²) in [6.45, 7) is 3.46. The molecule has 1 heterocycles. The van der Waals surface area contributed by atoms with Crippen LogP contribution in [0, 0.1) is 0 Å². The zero-order chi connectivity index (χ0) is 12.7. The quantitative estimate of drug-likeness (QED) is 0.782. The van der Waals surface area contributed by atoms with Gasteiger partial charge in [0.2, 0.25) is 11.9 Å². The first-order valence-corrected chi connectivity index (χ1v) is 6.91. The molecular formula is C10H19N5OS. The lowest BCUT2D eigenvalue weighted by Crippen LogP contribution is -2.23. The third-order valence-electron chi connectivity index (χ3n) is 2.03. The maximum atomic E-state index is 5.62. The van der Waals surface area contributed by atoms with Gasteiger partial charge in [-0.1, -0.05) is 6.92 Å². The van der Waals surface area contributed by atoms with Crippen LogP contribution in [0.15, 0.2) is 0 Å². The minimum Gasteiger partial charge on any atom is -0.463 e. The summed E-state index contributed by atoms with van der Waals surface area (Å²) in [6, 6.07) is 0.297. The lowest BCUT2D eigenvalue weighted by Gasteiger charge is -2.16. The van der Waals surface area contributed by atoms with Gasteiger partial charge in [0.05, 0.1) is 6.61 Å². The molecule has 0 aliphatic carbocycles. The van der Waals surface area contributed by atoms with Crippen LogP contribution in [0.3, 0.4) is 0 Å². The topological polar surface area (TPSA) is 77.2 Å². The van der Waals surface area contributed by atoms with Gasteiger partial charge in [-0.2, -0.15) is 26.7 Å². The lowest BCUT2D eigenvalue weighted by atomic mass is 10.5. The molecule has 17 heavy (non-hydrogen) atoms. The first-order chi connectivity index (χ1) is 8.17. The second-order valence-corrected chi connectivity index (χ2v) is 4.52. The summed E-state index contributed by atoms with van der Waals surface area (Å²) < 4.78 is 5.36. The average molecular weight is 257 g/mol.